The van der Waals surface area contributed by atoms with Crippen LogP contribution in [0.4, 0.5) is 0 Å². The minimum absolute atomic E-state index is 0.509. The Morgan fingerprint density at radius 1 is 1.41 bits per heavy atom. The number of hydrogen-bond acceptors (Lipinski definition) is 3. The maximum Gasteiger partial charge on any atom is 0.119 e. The van der Waals surface area contributed by atoms with E-state index in [9.17, 15) is 5.26 Å². The van der Waals surface area contributed by atoms with Crippen molar-refractivity contribution in [2.45, 2.75) is 0 Å². The van der Waals surface area contributed by atoms with E-state index in [-0.39, 0.29) is 0 Å². The molecule has 0 fully saturated rings. The molecule has 3 rings (SSSR count). The Labute approximate surface area is 132 Å². The average molecular weight is 310 g/mol. The highest BCUT2D eigenvalue weighted by Crippen LogP contribution is 2.30. The summed E-state index contributed by atoms with van der Waals surface area (Å²) in [6.07, 6.45) is 6.79. The summed E-state index contributed by atoms with van der Waals surface area (Å²) in [4.78, 5) is 7.20. The van der Waals surface area contributed by atoms with Crippen LogP contribution in [0, 0.1) is 11.3 Å². The van der Waals surface area contributed by atoms with Gasteiger partial charge >= 0.3 is 0 Å². The van der Waals surface area contributed by atoms with Crippen molar-refractivity contribution >= 4 is 34.2 Å². The second kappa shape index (κ2) is 5.92. The van der Waals surface area contributed by atoms with Crippen LogP contribution < -0.4 is 4.74 Å². The third kappa shape index (κ3) is 2.54. The van der Waals surface area contributed by atoms with Crippen molar-refractivity contribution in [2.24, 2.45) is 0 Å². The molecule has 0 aliphatic rings. The summed E-state index contributed by atoms with van der Waals surface area (Å²) >= 11 is 6.13. The molecule has 0 saturated heterocycles. The molecular weight excluding hydrogens is 298 g/mol. The zero-order chi connectivity index (χ0) is 15.5. The third-order valence-corrected chi connectivity index (χ3v) is 3.74. The number of aromatic amines is 1. The van der Waals surface area contributed by atoms with Crippen molar-refractivity contribution in [3.05, 3.63) is 59.0 Å². The number of aromatic nitrogens is 2. The fourth-order valence-corrected chi connectivity index (χ4v) is 2.43. The van der Waals surface area contributed by atoms with Crippen molar-refractivity contribution in [2.75, 3.05) is 7.11 Å². The number of hydrogen-bond donors (Lipinski definition) is 1. The number of rotatable bonds is 3. The Bertz CT molecular complexity index is 906. The van der Waals surface area contributed by atoms with E-state index in [1.807, 2.05) is 24.4 Å². The fourth-order valence-electron chi connectivity index (χ4n) is 2.27. The molecule has 4 nitrogen and oxygen atoms in total. The number of halogens is 1. The third-order valence-electron chi connectivity index (χ3n) is 3.40. The highest BCUT2D eigenvalue weighted by molar-refractivity contribution is 6.32. The molecule has 0 radical (unpaired) electrons. The van der Waals surface area contributed by atoms with E-state index in [2.05, 4.69) is 16.0 Å². The maximum atomic E-state index is 9.51. The number of benzene rings is 1. The number of nitrogens with zero attached hydrogens (tertiary/aromatic N) is 2. The summed E-state index contributed by atoms with van der Waals surface area (Å²) in [6.45, 7) is 0. The highest BCUT2D eigenvalue weighted by atomic mass is 35.5. The maximum absolute atomic E-state index is 9.51. The van der Waals surface area contributed by atoms with E-state index < -0.39 is 0 Å². The van der Waals surface area contributed by atoms with E-state index >= 15 is 0 Å². The molecule has 0 unspecified atom stereocenters. The molecule has 1 aromatic carbocycles. The predicted octanol–water partition coefficient (Wildman–Crippen LogP) is 4.29. The number of nitriles is 1. The molecule has 0 bridgehead atoms. The zero-order valence-electron chi connectivity index (χ0n) is 11.8. The van der Waals surface area contributed by atoms with Gasteiger partial charge in [0.05, 0.1) is 23.8 Å². The molecule has 0 spiro atoms. The van der Waals surface area contributed by atoms with E-state index in [1.54, 1.807) is 31.6 Å². The first-order valence-electron chi connectivity index (χ1n) is 6.59. The minimum Gasteiger partial charge on any atom is -0.497 e. The summed E-state index contributed by atoms with van der Waals surface area (Å²) in [7, 11) is 1.62. The van der Waals surface area contributed by atoms with E-state index in [1.165, 1.54) is 0 Å². The number of H-pyrrole nitrogens is 1. The predicted molar refractivity (Wildman–Crippen MR) is 87.6 cm³/mol. The first-order chi connectivity index (χ1) is 10.7. The molecule has 0 atom stereocenters. The fraction of sp³-hybridized carbons (Fsp3) is 0.0588. The monoisotopic (exact) mass is 309 g/mol. The van der Waals surface area contributed by atoms with Gasteiger partial charge in [0.25, 0.3) is 0 Å². The van der Waals surface area contributed by atoms with Gasteiger partial charge in [-0.05, 0) is 30.3 Å². The SMILES string of the molecule is COc1ccc2[nH]cc(/C(C#N)=C/c3cnccc3Cl)c2c1. The lowest BCUT2D eigenvalue weighted by Gasteiger charge is -2.02. The van der Waals surface area contributed by atoms with Crippen molar-refractivity contribution < 1.29 is 4.74 Å². The molecule has 108 valence electrons. The van der Waals surface area contributed by atoms with Gasteiger partial charge in [0.15, 0.2) is 0 Å². The molecule has 2 heterocycles. The molecular formula is C17H12ClN3O. The minimum atomic E-state index is 0.509. The van der Waals surface area contributed by atoms with Crippen LogP contribution in [-0.2, 0) is 0 Å². The smallest absolute Gasteiger partial charge is 0.119 e. The molecule has 1 N–H and O–H groups in total. The van der Waals surface area contributed by atoms with Crippen molar-refractivity contribution in [1.82, 2.24) is 9.97 Å². The second-order valence-electron chi connectivity index (χ2n) is 4.68. The second-order valence-corrected chi connectivity index (χ2v) is 5.09. The van der Waals surface area contributed by atoms with Crippen LogP contribution in [0.2, 0.25) is 5.02 Å². The van der Waals surface area contributed by atoms with Crippen LogP contribution >= 0.6 is 11.6 Å². The first-order valence-corrected chi connectivity index (χ1v) is 6.97. The highest BCUT2D eigenvalue weighted by Gasteiger charge is 2.10. The lowest BCUT2D eigenvalue weighted by molar-refractivity contribution is 0.415. The van der Waals surface area contributed by atoms with Crippen LogP contribution in [-0.4, -0.2) is 17.1 Å². The standard InChI is InChI=1S/C17H12ClN3O/c1-22-13-2-3-17-14(7-13)15(10-21-17)11(8-19)6-12-9-20-5-4-16(12)18/h2-7,9-10,21H,1H3/b11-6+. The average Bonchev–Trinajstić information content (AvgIpc) is 2.97. The number of ether oxygens (including phenoxy) is 1. The van der Waals surface area contributed by atoms with Crippen molar-refractivity contribution in [3.8, 4) is 11.8 Å². The summed E-state index contributed by atoms with van der Waals surface area (Å²) in [5.74, 6) is 0.741. The van der Waals surface area contributed by atoms with Crippen LogP contribution in [0.5, 0.6) is 5.75 Å². The van der Waals surface area contributed by atoms with Gasteiger partial charge in [0, 0.05) is 40.6 Å². The Morgan fingerprint density at radius 3 is 3.00 bits per heavy atom. The Kier molecular flexibility index (Phi) is 3.82. The Balaban J connectivity index is 2.16. The number of pyridine rings is 1. The van der Waals surface area contributed by atoms with Gasteiger partial charge < -0.3 is 9.72 Å². The quantitative estimate of drug-likeness (QED) is 0.734. The normalized spacial score (nSPS) is 11.4. The number of fused-ring (bicyclic) bond motifs is 1. The van der Waals surface area contributed by atoms with Gasteiger partial charge in [-0.25, -0.2) is 0 Å². The molecule has 0 amide bonds. The number of nitrogens with one attached hydrogen (secondary N) is 1. The zero-order valence-corrected chi connectivity index (χ0v) is 12.6. The molecule has 5 heteroatoms. The van der Waals surface area contributed by atoms with Gasteiger partial charge in [0.1, 0.15) is 5.75 Å². The van der Waals surface area contributed by atoms with Crippen molar-refractivity contribution in [1.29, 1.82) is 5.26 Å². The summed E-state index contributed by atoms with van der Waals surface area (Å²) < 4.78 is 5.25. The lowest BCUT2D eigenvalue weighted by Crippen LogP contribution is -1.84. The number of methoxy groups -OCH3 is 1. The Morgan fingerprint density at radius 2 is 2.27 bits per heavy atom. The van der Waals surface area contributed by atoms with Crippen LogP contribution in [0.15, 0.2) is 42.9 Å². The molecule has 2 aromatic heterocycles. The van der Waals surface area contributed by atoms with Gasteiger partial charge in [-0.3, -0.25) is 4.98 Å². The topological polar surface area (TPSA) is 61.7 Å². The van der Waals surface area contributed by atoms with Crippen molar-refractivity contribution in [3.63, 3.8) is 0 Å². The molecule has 0 aliphatic heterocycles. The van der Waals surface area contributed by atoms with Gasteiger partial charge in [-0.15, -0.1) is 0 Å². The van der Waals surface area contributed by atoms with E-state index in [0.717, 1.165) is 22.2 Å². The molecule has 22 heavy (non-hydrogen) atoms. The molecule has 0 aliphatic carbocycles. The van der Waals surface area contributed by atoms with Crippen LogP contribution in [0.3, 0.4) is 0 Å². The molecule has 3 aromatic rings. The number of allylic oxidation sites excluding steroid dienone is 1. The summed E-state index contributed by atoms with van der Waals surface area (Å²) in [5.41, 5.74) is 2.96. The first kappa shape index (κ1) is 14.2. The summed E-state index contributed by atoms with van der Waals surface area (Å²) in [6, 6.07) is 9.61. The van der Waals surface area contributed by atoms with E-state index in [0.29, 0.717) is 16.2 Å². The Hall–Kier alpha value is -2.77. The molecule has 0 saturated carbocycles. The van der Waals surface area contributed by atoms with Crippen LogP contribution in [0.25, 0.3) is 22.6 Å². The van der Waals surface area contributed by atoms with Crippen LogP contribution in [0.1, 0.15) is 11.1 Å². The summed E-state index contributed by atoms with van der Waals surface area (Å²) in [5, 5.41) is 11.0. The lowest BCUT2D eigenvalue weighted by atomic mass is 10.0. The van der Waals surface area contributed by atoms with Gasteiger partial charge in [-0.2, -0.15) is 5.26 Å². The van der Waals surface area contributed by atoms with Gasteiger partial charge in [0.2, 0.25) is 0 Å². The largest absolute Gasteiger partial charge is 0.497 e. The van der Waals surface area contributed by atoms with Gasteiger partial charge in [-0.1, -0.05) is 11.6 Å². The van der Waals surface area contributed by atoms with E-state index in [4.69, 9.17) is 16.3 Å².